The van der Waals surface area contributed by atoms with E-state index in [-0.39, 0.29) is 12.5 Å². The molecule has 1 heterocycles. The molecule has 0 aromatic heterocycles. The van der Waals surface area contributed by atoms with Crippen LogP contribution in [0.5, 0.6) is 5.75 Å². The average molecular weight is 353 g/mol. The van der Waals surface area contributed by atoms with Crippen molar-refractivity contribution in [2.24, 2.45) is 0 Å². The molecule has 1 aliphatic rings. The highest BCUT2D eigenvalue weighted by Crippen LogP contribution is 2.39. The highest BCUT2D eigenvalue weighted by Gasteiger charge is 2.39. The molecule has 1 aliphatic heterocycles. The Morgan fingerprint density at radius 3 is 2.27 bits per heavy atom. The molecule has 0 N–H and O–H groups in total. The normalized spacial score (nSPS) is 18.1. The van der Waals surface area contributed by atoms with Crippen LogP contribution in [0.15, 0.2) is 48.5 Å². The second-order valence-corrected chi connectivity index (χ2v) is 7.22. The lowest BCUT2D eigenvalue weighted by Crippen LogP contribution is -2.43. The maximum atomic E-state index is 5.85. The zero-order valence-electron chi connectivity index (χ0n) is 16.1. The molecule has 1 atom stereocenters. The van der Waals surface area contributed by atoms with Crippen molar-refractivity contribution in [1.82, 2.24) is 4.90 Å². The summed E-state index contributed by atoms with van der Waals surface area (Å²) in [5.74, 6) is 0.386. The predicted molar refractivity (Wildman–Crippen MR) is 105 cm³/mol. The Balaban J connectivity index is 1.63. The minimum Gasteiger partial charge on any atom is -0.475 e. The monoisotopic (exact) mass is 353 g/mol. The van der Waals surface area contributed by atoms with Crippen LogP contribution < -0.4 is 4.74 Å². The fraction of sp³-hybridized carbons (Fsp3) is 0.364. The van der Waals surface area contributed by atoms with Gasteiger partial charge >= 0.3 is 0 Å². The van der Waals surface area contributed by atoms with Crippen molar-refractivity contribution in [1.29, 1.82) is 0 Å². The van der Waals surface area contributed by atoms with E-state index in [0.717, 1.165) is 22.4 Å². The summed E-state index contributed by atoms with van der Waals surface area (Å²) >= 11 is 0. The van der Waals surface area contributed by atoms with E-state index >= 15 is 0 Å². The number of hydrogen-bond donors (Lipinski definition) is 0. The van der Waals surface area contributed by atoms with E-state index in [1.165, 1.54) is 0 Å². The largest absolute Gasteiger partial charge is 0.475 e. The molecule has 26 heavy (non-hydrogen) atoms. The van der Waals surface area contributed by atoms with Gasteiger partial charge in [0.2, 0.25) is 0 Å². The molecule has 1 unspecified atom stereocenters. The molecule has 1 fully saturated rings. The lowest BCUT2D eigenvalue weighted by molar-refractivity contribution is -0.443. The third kappa shape index (κ3) is 4.73. The first-order chi connectivity index (χ1) is 12.3. The van der Waals surface area contributed by atoms with E-state index in [1.807, 2.05) is 64.0 Å². The van der Waals surface area contributed by atoms with Crippen LogP contribution in [0.4, 0.5) is 0 Å². The number of benzene rings is 2. The van der Waals surface area contributed by atoms with Crippen LogP contribution in [0.3, 0.4) is 0 Å². The van der Waals surface area contributed by atoms with E-state index in [4.69, 9.17) is 14.2 Å². The van der Waals surface area contributed by atoms with E-state index in [1.54, 1.807) is 0 Å². The summed E-state index contributed by atoms with van der Waals surface area (Å²) in [6.45, 7) is 5.86. The summed E-state index contributed by atoms with van der Waals surface area (Å²) in [5.41, 5.74) is 3.27. The van der Waals surface area contributed by atoms with Crippen molar-refractivity contribution < 1.29 is 14.2 Å². The van der Waals surface area contributed by atoms with Gasteiger partial charge in [-0.3, -0.25) is 4.90 Å². The Labute approximate surface area is 156 Å². The Kier molecular flexibility index (Phi) is 5.47. The first-order valence-corrected chi connectivity index (χ1v) is 8.89. The minimum absolute atomic E-state index is 0.0417. The van der Waals surface area contributed by atoms with Crippen molar-refractivity contribution in [2.75, 3.05) is 14.1 Å². The quantitative estimate of drug-likeness (QED) is 0.544. The number of hydrogen-bond acceptors (Lipinski definition) is 4. The van der Waals surface area contributed by atoms with Crippen molar-refractivity contribution >= 4 is 12.2 Å². The highest BCUT2D eigenvalue weighted by molar-refractivity contribution is 5.70. The second kappa shape index (κ2) is 7.62. The fourth-order valence-corrected chi connectivity index (χ4v) is 2.62. The van der Waals surface area contributed by atoms with Gasteiger partial charge in [-0.1, -0.05) is 42.5 Å². The van der Waals surface area contributed by atoms with Crippen molar-refractivity contribution in [3.63, 3.8) is 0 Å². The van der Waals surface area contributed by atoms with Crippen molar-refractivity contribution in [3.05, 3.63) is 65.2 Å². The third-order valence-electron chi connectivity index (χ3n) is 4.35. The fourth-order valence-electron chi connectivity index (χ4n) is 2.62. The van der Waals surface area contributed by atoms with Gasteiger partial charge in [-0.15, -0.1) is 0 Å². The van der Waals surface area contributed by atoms with Gasteiger partial charge in [0.25, 0.3) is 0 Å². The van der Waals surface area contributed by atoms with E-state index < -0.39 is 5.79 Å². The molecule has 2 aromatic rings. The van der Waals surface area contributed by atoms with Crippen LogP contribution in [0, 0.1) is 0 Å². The number of nitrogens with zero attached hydrogens (tertiary/aromatic N) is 1. The molecule has 1 saturated heterocycles. The Bertz CT molecular complexity index is 757. The molecular formula is C22H27NO3. The third-order valence-corrected chi connectivity index (χ3v) is 4.35. The summed E-state index contributed by atoms with van der Waals surface area (Å²) in [7, 11) is 3.99. The Morgan fingerprint density at radius 1 is 1.00 bits per heavy atom. The van der Waals surface area contributed by atoms with Crippen molar-refractivity contribution in [3.8, 4) is 5.75 Å². The van der Waals surface area contributed by atoms with Gasteiger partial charge in [0, 0.05) is 5.56 Å². The molecule has 0 amide bonds. The number of ether oxygens (including phenoxy) is 3. The zero-order valence-corrected chi connectivity index (χ0v) is 16.1. The van der Waals surface area contributed by atoms with E-state index in [0.29, 0.717) is 0 Å². The maximum absolute atomic E-state index is 5.85. The van der Waals surface area contributed by atoms with Gasteiger partial charge < -0.3 is 14.2 Å². The van der Waals surface area contributed by atoms with E-state index in [9.17, 15) is 0 Å². The number of rotatable bonds is 6. The van der Waals surface area contributed by atoms with Crippen LogP contribution in [-0.4, -0.2) is 31.0 Å². The minimum atomic E-state index is -0.482. The SMILES string of the molecule is CC(Oc1ccc(/C=C/c2cccc(C3OC(C)(C)O3)c2)cc1)N(C)C. The van der Waals surface area contributed by atoms with Crippen LogP contribution in [-0.2, 0) is 9.47 Å². The Hall–Kier alpha value is -2.14. The molecule has 0 aliphatic carbocycles. The molecule has 2 aromatic carbocycles. The lowest BCUT2D eigenvalue weighted by Gasteiger charge is -2.42. The van der Waals surface area contributed by atoms with Gasteiger partial charge in [0.1, 0.15) is 12.0 Å². The molecule has 138 valence electrons. The van der Waals surface area contributed by atoms with E-state index in [2.05, 4.69) is 36.4 Å². The van der Waals surface area contributed by atoms with Gasteiger partial charge in [-0.05, 0) is 64.2 Å². The zero-order chi connectivity index (χ0) is 18.7. The van der Waals surface area contributed by atoms with Gasteiger partial charge in [0.05, 0.1) is 0 Å². The van der Waals surface area contributed by atoms with Crippen molar-refractivity contribution in [2.45, 2.75) is 39.1 Å². The van der Waals surface area contributed by atoms with Crippen LogP contribution in [0.25, 0.3) is 12.2 Å². The summed E-state index contributed by atoms with van der Waals surface area (Å²) < 4.78 is 17.3. The molecule has 0 spiro atoms. The summed E-state index contributed by atoms with van der Waals surface area (Å²) in [6, 6.07) is 16.3. The lowest BCUT2D eigenvalue weighted by atomic mass is 10.1. The average Bonchev–Trinajstić information content (AvgIpc) is 2.59. The Morgan fingerprint density at radius 2 is 1.65 bits per heavy atom. The molecular weight excluding hydrogens is 326 g/mol. The van der Waals surface area contributed by atoms with Gasteiger partial charge in [0.15, 0.2) is 12.1 Å². The molecule has 3 rings (SSSR count). The maximum Gasteiger partial charge on any atom is 0.190 e. The summed E-state index contributed by atoms with van der Waals surface area (Å²) in [5, 5.41) is 0. The van der Waals surface area contributed by atoms with Crippen LogP contribution >= 0.6 is 0 Å². The van der Waals surface area contributed by atoms with Gasteiger partial charge in [-0.2, -0.15) is 0 Å². The first kappa shape index (κ1) is 18.6. The summed E-state index contributed by atoms with van der Waals surface area (Å²) in [6.07, 6.45) is 3.95. The topological polar surface area (TPSA) is 30.9 Å². The smallest absolute Gasteiger partial charge is 0.190 e. The van der Waals surface area contributed by atoms with Crippen LogP contribution in [0.1, 0.15) is 43.8 Å². The van der Waals surface area contributed by atoms with Crippen LogP contribution in [0.2, 0.25) is 0 Å². The standard InChI is InChI=1S/C22H27NO3/c1-16(23(4)5)24-20-13-11-17(12-14-20)9-10-18-7-6-8-19(15-18)21-25-22(2,3)26-21/h6-16,21H,1-5H3/b10-9+. The molecule has 4 nitrogen and oxygen atoms in total. The molecule has 0 saturated carbocycles. The molecule has 0 bridgehead atoms. The highest BCUT2D eigenvalue weighted by atomic mass is 16.9. The molecule has 0 radical (unpaired) electrons. The van der Waals surface area contributed by atoms with Gasteiger partial charge in [-0.25, -0.2) is 0 Å². The first-order valence-electron chi connectivity index (χ1n) is 8.89. The molecule has 4 heteroatoms. The predicted octanol–water partition coefficient (Wildman–Crippen LogP) is 4.92. The second-order valence-electron chi connectivity index (χ2n) is 7.22. The summed E-state index contributed by atoms with van der Waals surface area (Å²) in [4.78, 5) is 2.03.